The van der Waals surface area contributed by atoms with E-state index in [1.807, 2.05) is 46.4 Å². The first-order chi connectivity index (χ1) is 23.9. The third kappa shape index (κ3) is 7.02. The van der Waals surface area contributed by atoms with Crippen molar-refractivity contribution in [1.29, 1.82) is 0 Å². The van der Waals surface area contributed by atoms with E-state index in [0.29, 0.717) is 19.4 Å². The van der Waals surface area contributed by atoms with Gasteiger partial charge in [-0.1, -0.05) is 81.1 Å². The number of rotatable bonds is 14. The molecule has 5 rings (SSSR count). The monoisotopic (exact) mass is 732 g/mol. The largest absolute Gasteiger partial charge is 0.377 e. The lowest BCUT2D eigenvalue weighted by molar-refractivity contribution is -0.138. The fourth-order valence-electron chi connectivity index (χ4n) is 9.86. The molecule has 4 fully saturated rings. The zero-order valence-electron chi connectivity index (χ0n) is 32.7. The summed E-state index contributed by atoms with van der Waals surface area (Å²) in [6, 6.07) is -3.33. The number of nitrogens with zero attached hydrogens (tertiary/aromatic N) is 2. The fourth-order valence-corrected chi connectivity index (χ4v) is 9.86. The highest BCUT2D eigenvalue weighted by molar-refractivity contribution is 6.37. The summed E-state index contributed by atoms with van der Waals surface area (Å²) in [5.41, 5.74) is 8.68. The Morgan fingerprint density at radius 1 is 0.981 bits per heavy atom. The molecule has 15 nitrogen and oxygen atoms in total. The molecule has 2 heterocycles. The van der Waals surface area contributed by atoms with Crippen molar-refractivity contribution >= 4 is 29.6 Å². The van der Waals surface area contributed by atoms with Crippen LogP contribution in [0.15, 0.2) is 4.99 Å². The lowest BCUT2D eigenvalue weighted by atomic mass is 9.73. The fraction of sp³-hybridized carbons (Fsp3) is 0.865. The number of guanidine groups is 1. The number of primary amides is 1. The maximum Gasteiger partial charge on any atom is 0.315 e. The van der Waals surface area contributed by atoms with Crippen molar-refractivity contribution in [3.8, 4) is 0 Å². The van der Waals surface area contributed by atoms with E-state index in [1.54, 1.807) is 6.92 Å². The van der Waals surface area contributed by atoms with E-state index in [9.17, 15) is 29.4 Å². The first-order valence-corrected chi connectivity index (χ1v) is 19.1. The van der Waals surface area contributed by atoms with Gasteiger partial charge in [0, 0.05) is 13.1 Å². The molecule has 3 aliphatic carbocycles. The lowest BCUT2D eigenvalue weighted by Crippen LogP contribution is -2.67. The number of carbonyl (C=O) groups is 4. The second kappa shape index (κ2) is 13.7. The maximum absolute atomic E-state index is 13.8. The minimum Gasteiger partial charge on any atom is -0.377 e. The molecular weight excluding hydrogens is 666 g/mol. The Labute approximate surface area is 308 Å². The number of likely N-dealkylation sites (tertiary alicyclic amines) is 1. The molecule has 2 spiro atoms. The molecule has 8 atom stereocenters. The standard InChI is InChI=1S/C37H65N9O6/c1-32(2,3)23(18-40-29(51)35(9)44-30(39)45-35)42-31(52)43-25(33(4,5)6)28(50)46-19-37(34(7,8)36(37)14-11-15-36)17-22(46)27(49)41-21(24(47)26(38)48)16-20-12-10-13-20/h20-23,25,27-28,41,49-50H,10-19H2,1-9H3,(H2,38,48)(H,40,51)(H3,39,44,45)(H2,42,43,52)/t21?,22-,23+,25+,27-,28?,37+/m0/s1. The van der Waals surface area contributed by atoms with E-state index in [4.69, 9.17) is 11.5 Å². The van der Waals surface area contributed by atoms with Crippen molar-refractivity contribution in [3.05, 3.63) is 0 Å². The number of urea groups is 1. The van der Waals surface area contributed by atoms with Crippen molar-refractivity contribution in [2.24, 2.45) is 49.5 Å². The zero-order valence-corrected chi connectivity index (χ0v) is 32.7. The minimum absolute atomic E-state index is 0.0332. The SMILES string of the molecule is CC1(C(=O)NC[C@@H](NC(=O)N[C@H](C(O)N2C[C@]3(C[C@H]2[C@H](O)NC(CC2CCC2)C(=O)C(N)=O)C(C)(C)C32CCC2)C(C)(C)C)C(C)(C)C)N=C(N)N1. The van der Waals surface area contributed by atoms with Gasteiger partial charge in [-0.05, 0) is 65.6 Å². The van der Waals surface area contributed by atoms with E-state index in [-0.39, 0.29) is 40.6 Å². The third-order valence-electron chi connectivity index (χ3n) is 13.8. The average molecular weight is 732 g/mol. The van der Waals surface area contributed by atoms with E-state index >= 15 is 0 Å². The summed E-state index contributed by atoms with van der Waals surface area (Å²) in [7, 11) is 0. The number of nitrogens with two attached hydrogens (primary N) is 2. The van der Waals surface area contributed by atoms with E-state index in [1.165, 1.54) is 0 Å². The van der Waals surface area contributed by atoms with Crippen LogP contribution in [0, 0.1) is 33.0 Å². The summed E-state index contributed by atoms with van der Waals surface area (Å²) < 4.78 is 0. The number of amides is 4. The molecule has 5 aliphatic rings. The van der Waals surface area contributed by atoms with Crippen LogP contribution in [0.4, 0.5) is 4.79 Å². The van der Waals surface area contributed by atoms with Crippen LogP contribution >= 0.6 is 0 Å². The van der Waals surface area contributed by atoms with Crippen LogP contribution < -0.4 is 38.1 Å². The van der Waals surface area contributed by atoms with Crippen molar-refractivity contribution in [2.45, 2.75) is 156 Å². The molecule has 0 aromatic carbocycles. The number of Topliss-reactive ketones (excluding diaryl/α,β-unsaturated/α-hetero) is 1. The Balaban J connectivity index is 1.35. The third-order valence-corrected chi connectivity index (χ3v) is 13.8. The van der Waals surface area contributed by atoms with Crippen molar-refractivity contribution in [3.63, 3.8) is 0 Å². The van der Waals surface area contributed by atoms with Gasteiger partial charge in [0.25, 0.3) is 11.8 Å². The number of aliphatic hydroxyl groups is 2. The van der Waals surface area contributed by atoms with Crippen LogP contribution in [0.25, 0.3) is 0 Å². The summed E-state index contributed by atoms with van der Waals surface area (Å²) in [5, 5.41) is 39.1. The molecule has 3 unspecified atom stereocenters. The Hall–Kier alpha value is -3.01. The topological polar surface area (TPSA) is 237 Å². The summed E-state index contributed by atoms with van der Waals surface area (Å²) >= 11 is 0. The molecule has 294 valence electrons. The molecule has 0 aromatic rings. The van der Waals surface area contributed by atoms with Gasteiger partial charge in [-0.15, -0.1) is 0 Å². The van der Waals surface area contributed by atoms with E-state index < -0.39 is 70.8 Å². The lowest BCUT2D eigenvalue weighted by Gasteiger charge is -2.43. The highest BCUT2D eigenvalue weighted by atomic mass is 16.3. The number of fused-ring (bicyclic) bond motifs is 1. The van der Waals surface area contributed by atoms with Crippen LogP contribution in [-0.4, -0.2) is 100 Å². The van der Waals surface area contributed by atoms with Crippen molar-refractivity contribution in [1.82, 2.24) is 31.5 Å². The van der Waals surface area contributed by atoms with Crippen LogP contribution in [0.2, 0.25) is 0 Å². The highest BCUT2D eigenvalue weighted by Gasteiger charge is 2.85. The number of nitrogens with one attached hydrogen (secondary N) is 5. The number of hydrogen-bond donors (Lipinski definition) is 9. The molecule has 0 bridgehead atoms. The molecule has 2 aliphatic heterocycles. The quantitative estimate of drug-likeness (QED) is 0.0907. The number of aliphatic hydroxyl groups excluding tert-OH is 2. The molecule has 0 radical (unpaired) electrons. The molecule has 52 heavy (non-hydrogen) atoms. The maximum atomic E-state index is 13.8. The van der Waals surface area contributed by atoms with Crippen LogP contribution in [0.5, 0.6) is 0 Å². The average Bonchev–Trinajstić information content (AvgIpc) is 3.19. The molecule has 11 N–H and O–H groups in total. The van der Waals surface area contributed by atoms with Gasteiger partial charge in [-0.2, -0.15) is 0 Å². The smallest absolute Gasteiger partial charge is 0.315 e. The Morgan fingerprint density at radius 3 is 2.04 bits per heavy atom. The Kier molecular flexibility index (Phi) is 10.6. The van der Waals surface area contributed by atoms with Crippen LogP contribution in [0.1, 0.15) is 114 Å². The second-order valence-electron chi connectivity index (χ2n) is 19.2. The van der Waals surface area contributed by atoms with Crippen LogP contribution in [0.3, 0.4) is 0 Å². The molecule has 15 heteroatoms. The molecule has 1 saturated heterocycles. The van der Waals surface area contributed by atoms with Gasteiger partial charge in [0.2, 0.25) is 11.4 Å². The first-order valence-electron chi connectivity index (χ1n) is 19.1. The van der Waals surface area contributed by atoms with Gasteiger partial charge in [-0.25, -0.2) is 9.79 Å². The predicted molar refractivity (Wildman–Crippen MR) is 197 cm³/mol. The summed E-state index contributed by atoms with van der Waals surface area (Å²) in [6.45, 7) is 18.5. The number of carbonyl (C=O) groups excluding carboxylic acids is 4. The molecule has 3 saturated carbocycles. The second-order valence-corrected chi connectivity index (χ2v) is 19.2. The van der Waals surface area contributed by atoms with E-state index in [0.717, 1.165) is 38.5 Å². The number of ketones is 1. The number of aliphatic imine (C=N–C) groups is 1. The Bertz CT molecular complexity index is 1450. The van der Waals surface area contributed by atoms with Gasteiger partial charge < -0.3 is 42.9 Å². The molecular formula is C37H65N9O6. The van der Waals surface area contributed by atoms with Crippen LogP contribution in [-0.2, 0) is 14.4 Å². The Morgan fingerprint density at radius 2 is 1.60 bits per heavy atom. The highest BCUT2D eigenvalue weighted by Crippen LogP contribution is 2.88. The normalized spacial score (nSPS) is 30.7. The van der Waals surface area contributed by atoms with Gasteiger partial charge in [0.05, 0.1) is 24.2 Å². The van der Waals surface area contributed by atoms with Crippen molar-refractivity contribution < 1.29 is 29.4 Å². The van der Waals surface area contributed by atoms with Gasteiger partial charge >= 0.3 is 6.03 Å². The summed E-state index contributed by atoms with van der Waals surface area (Å²) in [5.74, 6) is -1.71. The minimum atomic E-state index is -1.24. The zero-order chi connectivity index (χ0) is 38.8. The van der Waals surface area contributed by atoms with Crippen molar-refractivity contribution in [2.75, 3.05) is 13.1 Å². The number of hydrogen-bond acceptors (Lipinski definition) is 11. The van der Waals surface area contributed by atoms with Gasteiger partial charge in [0.15, 0.2) is 5.96 Å². The summed E-state index contributed by atoms with van der Waals surface area (Å²) in [4.78, 5) is 57.6. The summed E-state index contributed by atoms with van der Waals surface area (Å²) in [6.07, 6.45) is 4.81. The van der Waals surface area contributed by atoms with Gasteiger partial charge in [-0.3, -0.25) is 24.6 Å². The first kappa shape index (κ1) is 40.2. The molecule has 4 amide bonds. The van der Waals surface area contributed by atoms with E-state index in [2.05, 4.69) is 45.4 Å². The molecule has 0 aromatic heterocycles. The van der Waals surface area contributed by atoms with Gasteiger partial charge in [0.1, 0.15) is 12.5 Å². The predicted octanol–water partition coefficient (Wildman–Crippen LogP) is 0.976.